The average Bonchev–Trinajstić information content (AvgIpc) is 2.93. The molecule has 0 radical (unpaired) electrons. The molecule has 1 aromatic carbocycles. The summed E-state index contributed by atoms with van der Waals surface area (Å²) in [4.78, 5) is 15.0. The topological polar surface area (TPSA) is 38.8 Å². The number of fused-ring (bicyclic) bond motifs is 1. The van der Waals surface area contributed by atoms with Crippen LogP contribution in [0, 0.1) is 6.92 Å². The summed E-state index contributed by atoms with van der Waals surface area (Å²) in [5.74, 6) is 0.874. The van der Waals surface area contributed by atoms with E-state index in [1.165, 1.54) is 12.8 Å². The van der Waals surface area contributed by atoms with Gasteiger partial charge in [0.05, 0.1) is 13.7 Å². The van der Waals surface area contributed by atoms with Crippen molar-refractivity contribution in [1.29, 1.82) is 0 Å². The van der Waals surface area contributed by atoms with E-state index in [0.29, 0.717) is 12.6 Å². The summed E-state index contributed by atoms with van der Waals surface area (Å²) in [6.45, 7) is 4.46. The third-order valence-corrected chi connectivity index (χ3v) is 4.38. The fourth-order valence-electron chi connectivity index (χ4n) is 3.19. The summed E-state index contributed by atoms with van der Waals surface area (Å²) in [5, 5.41) is 0. The van der Waals surface area contributed by atoms with Gasteiger partial charge in [0.1, 0.15) is 11.9 Å². The summed E-state index contributed by atoms with van der Waals surface area (Å²) in [6.07, 6.45) is 2.09. The molecule has 0 amide bonds. The number of methoxy groups -OCH3 is 1. The number of hydrogen-bond acceptors (Lipinski definition) is 4. The van der Waals surface area contributed by atoms with Crippen LogP contribution in [0.1, 0.15) is 28.8 Å². The molecule has 2 aliphatic rings. The SMILES string of the molecule is COc1ccc(C(=O)C2CN3CCCC3CO2)c(C)c1. The molecule has 2 unspecified atom stereocenters. The lowest BCUT2D eigenvalue weighted by molar-refractivity contribution is -0.0344. The number of ether oxygens (including phenoxy) is 2. The minimum Gasteiger partial charge on any atom is -0.497 e. The van der Waals surface area contributed by atoms with E-state index in [1.54, 1.807) is 7.11 Å². The number of aryl methyl sites for hydroxylation is 1. The molecule has 2 fully saturated rings. The Kier molecular flexibility index (Phi) is 3.76. The highest BCUT2D eigenvalue weighted by Gasteiger charge is 2.35. The van der Waals surface area contributed by atoms with Crippen molar-refractivity contribution in [2.75, 3.05) is 26.8 Å². The van der Waals surface area contributed by atoms with Crippen molar-refractivity contribution in [3.8, 4) is 5.75 Å². The van der Waals surface area contributed by atoms with Crippen molar-refractivity contribution in [3.05, 3.63) is 29.3 Å². The first-order chi connectivity index (χ1) is 9.69. The third-order valence-electron chi connectivity index (χ3n) is 4.38. The van der Waals surface area contributed by atoms with E-state index in [9.17, 15) is 4.79 Å². The number of carbonyl (C=O) groups is 1. The lowest BCUT2D eigenvalue weighted by Crippen LogP contribution is -2.49. The van der Waals surface area contributed by atoms with Crippen molar-refractivity contribution >= 4 is 5.78 Å². The smallest absolute Gasteiger partial charge is 0.193 e. The van der Waals surface area contributed by atoms with Crippen molar-refractivity contribution in [1.82, 2.24) is 4.90 Å². The largest absolute Gasteiger partial charge is 0.497 e. The van der Waals surface area contributed by atoms with Gasteiger partial charge in [-0.05, 0) is 50.1 Å². The number of nitrogens with zero attached hydrogens (tertiary/aromatic N) is 1. The molecule has 3 rings (SSSR count). The van der Waals surface area contributed by atoms with Crippen LogP contribution in [0.4, 0.5) is 0 Å². The number of morpholine rings is 1. The van der Waals surface area contributed by atoms with Crippen molar-refractivity contribution in [2.45, 2.75) is 31.9 Å². The average molecular weight is 275 g/mol. The molecule has 0 aliphatic carbocycles. The van der Waals surface area contributed by atoms with Crippen LogP contribution in [0.5, 0.6) is 5.75 Å². The van der Waals surface area contributed by atoms with Gasteiger partial charge in [-0.3, -0.25) is 9.69 Å². The predicted octanol–water partition coefficient (Wildman–Crippen LogP) is 2.05. The Morgan fingerprint density at radius 1 is 1.45 bits per heavy atom. The Morgan fingerprint density at radius 3 is 3.05 bits per heavy atom. The monoisotopic (exact) mass is 275 g/mol. The van der Waals surface area contributed by atoms with Crippen LogP contribution in [0.15, 0.2) is 18.2 Å². The second-order valence-corrected chi connectivity index (χ2v) is 5.66. The van der Waals surface area contributed by atoms with Crippen LogP contribution in [-0.2, 0) is 4.74 Å². The number of carbonyl (C=O) groups excluding carboxylic acids is 1. The highest BCUT2D eigenvalue weighted by molar-refractivity contribution is 6.01. The second-order valence-electron chi connectivity index (χ2n) is 5.66. The Labute approximate surface area is 119 Å². The van der Waals surface area contributed by atoms with Crippen LogP contribution < -0.4 is 4.74 Å². The van der Waals surface area contributed by atoms with Gasteiger partial charge in [0.25, 0.3) is 0 Å². The minimum absolute atomic E-state index is 0.0931. The zero-order valence-electron chi connectivity index (χ0n) is 12.1. The minimum atomic E-state index is -0.323. The van der Waals surface area contributed by atoms with E-state index in [2.05, 4.69) is 4.90 Å². The molecule has 0 bridgehead atoms. The van der Waals surface area contributed by atoms with Gasteiger partial charge in [0, 0.05) is 18.2 Å². The molecule has 0 aromatic heterocycles. The molecule has 2 aliphatic heterocycles. The van der Waals surface area contributed by atoms with Gasteiger partial charge in [-0.15, -0.1) is 0 Å². The standard InChI is InChI=1S/C16H21NO3/c1-11-8-13(19-2)5-6-14(11)16(18)15-9-17-7-3-4-12(17)10-20-15/h5-6,8,12,15H,3-4,7,9-10H2,1-2H3. The molecule has 2 atom stereocenters. The Morgan fingerprint density at radius 2 is 2.30 bits per heavy atom. The van der Waals surface area contributed by atoms with Crippen molar-refractivity contribution in [3.63, 3.8) is 0 Å². The molecule has 1 aromatic rings. The molecule has 0 N–H and O–H groups in total. The molecular weight excluding hydrogens is 254 g/mol. The number of ketones is 1. The molecule has 4 nitrogen and oxygen atoms in total. The third kappa shape index (κ3) is 2.45. The van der Waals surface area contributed by atoms with Gasteiger partial charge < -0.3 is 9.47 Å². The molecule has 0 spiro atoms. The Hall–Kier alpha value is -1.39. The van der Waals surface area contributed by atoms with Gasteiger partial charge in [-0.25, -0.2) is 0 Å². The zero-order valence-corrected chi connectivity index (χ0v) is 12.1. The zero-order chi connectivity index (χ0) is 14.1. The Bertz CT molecular complexity index is 514. The first-order valence-corrected chi connectivity index (χ1v) is 7.23. The van der Waals surface area contributed by atoms with Gasteiger partial charge in [-0.2, -0.15) is 0 Å². The molecule has 20 heavy (non-hydrogen) atoms. The molecule has 4 heteroatoms. The number of hydrogen-bond donors (Lipinski definition) is 0. The molecule has 2 heterocycles. The maximum Gasteiger partial charge on any atom is 0.193 e. The number of Topliss-reactive ketones (excluding diaryl/α,β-unsaturated/α-hetero) is 1. The molecular formula is C16H21NO3. The van der Waals surface area contributed by atoms with E-state index in [-0.39, 0.29) is 11.9 Å². The summed E-state index contributed by atoms with van der Waals surface area (Å²) in [5.41, 5.74) is 1.69. The summed E-state index contributed by atoms with van der Waals surface area (Å²) < 4.78 is 11.0. The van der Waals surface area contributed by atoms with Gasteiger partial charge in [-0.1, -0.05) is 0 Å². The van der Waals surface area contributed by atoms with E-state index in [1.807, 2.05) is 25.1 Å². The second kappa shape index (κ2) is 5.54. The molecule has 108 valence electrons. The van der Waals surface area contributed by atoms with Crippen LogP contribution >= 0.6 is 0 Å². The highest BCUT2D eigenvalue weighted by Crippen LogP contribution is 2.25. The first kappa shape index (κ1) is 13.6. The van der Waals surface area contributed by atoms with Gasteiger partial charge >= 0.3 is 0 Å². The first-order valence-electron chi connectivity index (χ1n) is 7.23. The Balaban J connectivity index is 1.75. The fraction of sp³-hybridized carbons (Fsp3) is 0.562. The molecule has 2 saturated heterocycles. The van der Waals surface area contributed by atoms with Crippen LogP contribution in [0.2, 0.25) is 0 Å². The normalized spacial score (nSPS) is 26.3. The van der Waals surface area contributed by atoms with Crippen LogP contribution in [-0.4, -0.2) is 49.6 Å². The van der Waals surface area contributed by atoms with E-state index in [4.69, 9.17) is 9.47 Å². The number of benzene rings is 1. The van der Waals surface area contributed by atoms with Gasteiger partial charge in [0.2, 0.25) is 0 Å². The van der Waals surface area contributed by atoms with Crippen LogP contribution in [0.25, 0.3) is 0 Å². The number of rotatable bonds is 3. The summed E-state index contributed by atoms with van der Waals surface area (Å²) >= 11 is 0. The van der Waals surface area contributed by atoms with Crippen molar-refractivity contribution < 1.29 is 14.3 Å². The maximum atomic E-state index is 12.6. The fourth-order valence-corrected chi connectivity index (χ4v) is 3.19. The summed E-state index contributed by atoms with van der Waals surface area (Å²) in [7, 11) is 1.63. The quantitative estimate of drug-likeness (QED) is 0.791. The van der Waals surface area contributed by atoms with Crippen molar-refractivity contribution in [2.24, 2.45) is 0 Å². The van der Waals surface area contributed by atoms with Crippen LogP contribution in [0.3, 0.4) is 0 Å². The van der Waals surface area contributed by atoms with E-state index < -0.39 is 0 Å². The van der Waals surface area contributed by atoms with E-state index in [0.717, 1.165) is 30.0 Å². The molecule has 0 saturated carbocycles. The predicted molar refractivity (Wildman–Crippen MR) is 76.4 cm³/mol. The summed E-state index contributed by atoms with van der Waals surface area (Å²) in [6, 6.07) is 6.10. The van der Waals surface area contributed by atoms with E-state index >= 15 is 0 Å². The lowest BCUT2D eigenvalue weighted by atomic mass is 9.99. The lowest BCUT2D eigenvalue weighted by Gasteiger charge is -2.34. The maximum absolute atomic E-state index is 12.6. The van der Waals surface area contributed by atoms with Gasteiger partial charge in [0.15, 0.2) is 5.78 Å². The highest BCUT2D eigenvalue weighted by atomic mass is 16.5.